The lowest BCUT2D eigenvalue weighted by molar-refractivity contribution is -0.116. The largest absolute Gasteiger partial charge is 0.352 e. The van der Waals surface area contributed by atoms with E-state index < -0.39 is 5.82 Å². The van der Waals surface area contributed by atoms with Gasteiger partial charge in [0.2, 0.25) is 5.91 Å². The van der Waals surface area contributed by atoms with Gasteiger partial charge in [-0.3, -0.25) is 9.59 Å². The summed E-state index contributed by atoms with van der Waals surface area (Å²) in [4.78, 5) is 23.5. The fourth-order valence-corrected chi connectivity index (χ4v) is 1.91. The molecule has 4 nitrogen and oxygen atoms in total. The van der Waals surface area contributed by atoms with Crippen molar-refractivity contribution in [3.8, 4) is 0 Å². The Morgan fingerprint density at radius 2 is 1.82 bits per heavy atom. The molecule has 2 N–H and O–H groups in total. The summed E-state index contributed by atoms with van der Waals surface area (Å²) in [6.45, 7) is 0.183. The van der Waals surface area contributed by atoms with Crippen molar-refractivity contribution in [2.75, 3.05) is 11.9 Å². The third-order valence-electron chi connectivity index (χ3n) is 2.85. The third-order valence-corrected chi connectivity index (χ3v) is 3.10. The van der Waals surface area contributed by atoms with E-state index in [0.29, 0.717) is 16.3 Å². The first-order valence-corrected chi connectivity index (χ1v) is 7.01. The van der Waals surface area contributed by atoms with Gasteiger partial charge in [0, 0.05) is 29.2 Å². The minimum Gasteiger partial charge on any atom is -0.352 e. The van der Waals surface area contributed by atoms with E-state index in [0.717, 1.165) is 0 Å². The maximum atomic E-state index is 13.0. The van der Waals surface area contributed by atoms with E-state index in [-0.39, 0.29) is 24.8 Å². The first kappa shape index (κ1) is 16.0. The molecule has 2 aromatic carbocycles. The van der Waals surface area contributed by atoms with Crippen LogP contribution in [0.25, 0.3) is 0 Å². The van der Waals surface area contributed by atoms with Gasteiger partial charge in [0.15, 0.2) is 0 Å². The topological polar surface area (TPSA) is 58.2 Å². The van der Waals surface area contributed by atoms with Gasteiger partial charge < -0.3 is 10.6 Å². The highest BCUT2D eigenvalue weighted by molar-refractivity contribution is 6.30. The zero-order valence-corrected chi connectivity index (χ0v) is 12.4. The molecule has 0 atom stereocenters. The SMILES string of the molecule is O=C(CCNC(=O)c1ccc(Cl)cc1)Nc1cccc(F)c1. The predicted molar refractivity (Wildman–Crippen MR) is 83.4 cm³/mol. The second kappa shape index (κ2) is 7.56. The molecule has 22 heavy (non-hydrogen) atoms. The second-order valence-corrected chi connectivity index (χ2v) is 5.01. The lowest BCUT2D eigenvalue weighted by Gasteiger charge is -2.07. The van der Waals surface area contributed by atoms with Gasteiger partial charge in [-0.25, -0.2) is 4.39 Å². The average Bonchev–Trinajstić information content (AvgIpc) is 2.47. The molecule has 0 aliphatic carbocycles. The van der Waals surface area contributed by atoms with Crippen LogP contribution in [0.2, 0.25) is 5.02 Å². The molecule has 0 radical (unpaired) electrons. The lowest BCUT2D eigenvalue weighted by Crippen LogP contribution is -2.27. The maximum absolute atomic E-state index is 13.0. The van der Waals surface area contributed by atoms with Crippen molar-refractivity contribution in [1.82, 2.24) is 5.32 Å². The Morgan fingerprint density at radius 1 is 1.09 bits per heavy atom. The number of carbonyl (C=O) groups excluding carboxylic acids is 2. The molecule has 0 spiro atoms. The number of rotatable bonds is 5. The number of amides is 2. The van der Waals surface area contributed by atoms with Crippen molar-refractivity contribution < 1.29 is 14.0 Å². The van der Waals surface area contributed by atoms with E-state index in [4.69, 9.17) is 11.6 Å². The zero-order valence-electron chi connectivity index (χ0n) is 11.6. The van der Waals surface area contributed by atoms with Crippen molar-refractivity contribution in [1.29, 1.82) is 0 Å². The minimum atomic E-state index is -0.422. The fraction of sp³-hybridized carbons (Fsp3) is 0.125. The Bertz CT molecular complexity index is 674. The number of anilines is 1. The van der Waals surface area contributed by atoms with Gasteiger partial charge in [-0.2, -0.15) is 0 Å². The summed E-state index contributed by atoms with van der Waals surface area (Å²) in [7, 11) is 0. The molecule has 0 aliphatic rings. The van der Waals surface area contributed by atoms with E-state index >= 15 is 0 Å². The first-order valence-electron chi connectivity index (χ1n) is 6.64. The Hall–Kier alpha value is -2.40. The third kappa shape index (κ3) is 4.86. The quantitative estimate of drug-likeness (QED) is 0.888. The maximum Gasteiger partial charge on any atom is 0.251 e. The van der Waals surface area contributed by atoms with Crippen LogP contribution >= 0.6 is 11.6 Å². The Morgan fingerprint density at radius 3 is 2.50 bits per heavy atom. The molecular formula is C16H14ClFN2O2. The van der Waals surface area contributed by atoms with Crippen molar-refractivity contribution in [2.45, 2.75) is 6.42 Å². The highest BCUT2D eigenvalue weighted by Crippen LogP contribution is 2.10. The number of nitrogens with one attached hydrogen (secondary N) is 2. The highest BCUT2D eigenvalue weighted by atomic mass is 35.5. The summed E-state index contributed by atoms with van der Waals surface area (Å²) in [5.41, 5.74) is 0.851. The Balaban J connectivity index is 1.77. The molecule has 0 fully saturated rings. The van der Waals surface area contributed by atoms with Crippen LogP contribution in [0.4, 0.5) is 10.1 Å². The predicted octanol–water partition coefficient (Wildman–Crippen LogP) is 3.24. The van der Waals surface area contributed by atoms with Gasteiger partial charge in [-0.05, 0) is 42.5 Å². The smallest absolute Gasteiger partial charge is 0.251 e. The fourth-order valence-electron chi connectivity index (χ4n) is 1.78. The van der Waals surface area contributed by atoms with Crippen molar-refractivity contribution in [3.63, 3.8) is 0 Å². The molecular weight excluding hydrogens is 307 g/mol. The van der Waals surface area contributed by atoms with Crippen molar-refractivity contribution in [2.24, 2.45) is 0 Å². The van der Waals surface area contributed by atoms with Gasteiger partial charge in [0.25, 0.3) is 5.91 Å². The van der Waals surface area contributed by atoms with E-state index in [9.17, 15) is 14.0 Å². The molecule has 0 saturated carbocycles. The minimum absolute atomic E-state index is 0.0931. The van der Waals surface area contributed by atoms with Gasteiger partial charge in [-0.15, -0.1) is 0 Å². The molecule has 2 aromatic rings. The molecule has 0 unspecified atom stereocenters. The van der Waals surface area contributed by atoms with Crippen LogP contribution in [0.3, 0.4) is 0 Å². The molecule has 114 valence electrons. The molecule has 6 heteroatoms. The van der Waals surface area contributed by atoms with Crippen molar-refractivity contribution in [3.05, 3.63) is 64.9 Å². The number of halogens is 2. The molecule has 0 heterocycles. The summed E-state index contributed by atoms with van der Waals surface area (Å²) in [5.74, 6) is -1.01. The normalized spacial score (nSPS) is 10.1. The summed E-state index contributed by atoms with van der Waals surface area (Å²) in [6, 6.07) is 12.1. The number of carbonyl (C=O) groups is 2. The van der Waals surface area contributed by atoms with Gasteiger partial charge in [0.1, 0.15) is 5.82 Å². The molecule has 0 aromatic heterocycles. The monoisotopic (exact) mass is 320 g/mol. The number of benzene rings is 2. The van der Waals surface area contributed by atoms with E-state index in [2.05, 4.69) is 10.6 Å². The van der Waals surface area contributed by atoms with Crippen LogP contribution < -0.4 is 10.6 Å². The van der Waals surface area contributed by atoms with Crippen LogP contribution in [0.5, 0.6) is 0 Å². The Labute approximate surface area is 132 Å². The van der Waals surface area contributed by atoms with Crippen LogP contribution in [0, 0.1) is 5.82 Å². The van der Waals surface area contributed by atoms with E-state index in [1.807, 2.05) is 0 Å². The van der Waals surface area contributed by atoms with Crippen LogP contribution in [0.15, 0.2) is 48.5 Å². The number of hydrogen-bond acceptors (Lipinski definition) is 2. The molecule has 0 aliphatic heterocycles. The molecule has 0 bridgehead atoms. The summed E-state index contributed by atoms with van der Waals surface area (Å²) >= 11 is 5.74. The van der Waals surface area contributed by atoms with E-state index in [1.54, 1.807) is 30.3 Å². The molecule has 0 saturated heterocycles. The number of hydrogen-bond donors (Lipinski definition) is 2. The Kier molecular flexibility index (Phi) is 5.49. The lowest BCUT2D eigenvalue weighted by atomic mass is 10.2. The average molecular weight is 321 g/mol. The first-order chi connectivity index (χ1) is 10.5. The van der Waals surface area contributed by atoms with Crippen LogP contribution in [0.1, 0.15) is 16.8 Å². The van der Waals surface area contributed by atoms with Crippen LogP contribution in [-0.4, -0.2) is 18.4 Å². The summed E-state index contributed by atoms with van der Waals surface area (Å²) in [5, 5.41) is 5.73. The standard InChI is InChI=1S/C16H14ClFN2O2/c17-12-6-4-11(5-7-12)16(22)19-9-8-15(21)20-14-3-1-2-13(18)10-14/h1-7,10H,8-9H2,(H,19,22)(H,20,21). The molecule has 2 amide bonds. The van der Waals surface area contributed by atoms with Gasteiger partial charge in [-0.1, -0.05) is 17.7 Å². The second-order valence-electron chi connectivity index (χ2n) is 4.57. The highest BCUT2D eigenvalue weighted by Gasteiger charge is 2.07. The zero-order chi connectivity index (χ0) is 15.9. The molecule has 2 rings (SSSR count). The van der Waals surface area contributed by atoms with Gasteiger partial charge in [0.05, 0.1) is 0 Å². The van der Waals surface area contributed by atoms with Crippen LogP contribution in [-0.2, 0) is 4.79 Å². The summed E-state index contributed by atoms with van der Waals surface area (Å²) < 4.78 is 13.0. The van der Waals surface area contributed by atoms with E-state index in [1.165, 1.54) is 18.2 Å². The van der Waals surface area contributed by atoms with Crippen molar-refractivity contribution >= 4 is 29.1 Å². The summed E-state index contributed by atoms with van der Waals surface area (Å²) in [6.07, 6.45) is 0.0931. The van der Waals surface area contributed by atoms with Gasteiger partial charge >= 0.3 is 0 Å².